The molecule has 1 aliphatic heterocycles. The van der Waals surface area contributed by atoms with Gasteiger partial charge in [-0.25, -0.2) is 4.79 Å². The average molecular weight is 231 g/mol. The molecule has 1 aromatic carbocycles. The van der Waals surface area contributed by atoms with E-state index in [1.165, 1.54) is 17.2 Å². The second-order valence-electron chi connectivity index (χ2n) is 4.56. The Morgan fingerprint density at radius 1 is 1.41 bits per heavy atom. The Balaban J connectivity index is 2.01. The van der Waals surface area contributed by atoms with Crippen molar-refractivity contribution in [1.29, 1.82) is 0 Å². The zero-order chi connectivity index (χ0) is 12.3. The summed E-state index contributed by atoms with van der Waals surface area (Å²) in [5, 5.41) is 8.68. The maximum Gasteiger partial charge on any atom is 0.328 e. The molecule has 0 fully saturated rings. The molecular formula is C14H17NO2. The summed E-state index contributed by atoms with van der Waals surface area (Å²) < 4.78 is 0. The van der Waals surface area contributed by atoms with Gasteiger partial charge in [-0.15, -0.1) is 0 Å². The first-order valence-corrected chi connectivity index (χ1v) is 5.84. The molecule has 0 amide bonds. The maximum absolute atomic E-state index is 10.6. The Labute approximate surface area is 101 Å². The Morgan fingerprint density at radius 3 is 2.82 bits per heavy atom. The van der Waals surface area contributed by atoms with Gasteiger partial charge in [0.1, 0.15) is 0 Å². The normalized spacial score (nSPS) is 16.6. The minimum atomic E-state index is -0.861. The Morgan fingerprint density at radius 2 is 2.12 bits per heavy atom. The summed E-state index contributed by atoms with van der Waals surface area (Å²) in [6, 6.07) is 8.46. The second-order valence-corrected chi connectivity index (χ2v) is 4.56. The highest BCUT2D eigenvalue weighted by Gasteiger charge is 2.15. The van der Waals surface area contributed by atoms with Gasteiger partial charge in [0.05, 0.1) is 0 Å². The van der Waals surface area contributed by atoms with Crippen LogP contribution in [0.1, 0.15) is 18.1 Å². The average Bonchev–Trinajstić information content (AvgIpc) is 2.27. The van der Waals surface area contributed by atoms with Crippen molar-refractivity contribution in [2.45, 2.75) is 19.9 Å². The van der Waals surface area contributed by atoms with Crippen LogP contribution in [0.3, 0.4) is 0 Å². The Kier molecular flexibility index (Phi) is 3.59. The van der Waals surface area contributed by atoms with Gasteiger partial charge in [-0.2, -0.15) is 0 Å². The fraction of sp³-hybridized carbons (Fsp3) is 0.357. The van der Waals surface area contributed by atoms with Gasteiger partial charge in [-0.1, -0.05) is 29.8 Å². The molecule has 0 spiro atoms. The summed E-state index contributed by atoms with van der Waals surface area (Å²) in [6.45, 7) is 4.53. The lowest BCUT2D eigenvalue weighted by atomic mass is 9.99. The van der Waals surface area contributed by atoms with Crippen molar-refractivity contribution in [2.24, 2.45) is 0 Å². The first-order valence-electron chi connectivity index (χ1n) is 5.84. The monoisotopic (exact) mass is 231 g/mol. The van der Waals surface area contributed by atoms with E-state index in [2.05, 4.69) is 29.2 Å². The van der Waals surface area contributed by atoms with E-state index in [1.54, 1.807) is 0 Å². The quantitative estimate of drug-likeness (QED) is 0.810. The van der Waals surface area contributed by atoms with Crippen LogP contribution >= 0.6 is 0 Å². The SMILES string of the molecule is CC(=CC(=O)O)CN1CCc2ccccc2C1. The van der Waals surface area contributed by atoms with Crippen LogP contribution in [-0.4, -0.2) is 29.1 Å². The van der Waals surface area contributed by atoms with Crippen LogP contribution in [0.15, 0.2) is 35.9 Å². The van der Waals surface area contributed by atoms with Crippen LogP contribution in [0.4, 0.5) is 0 Å². The number of carbonyl (C=O) groups is 1. The number of nitrogens with zero attached hydrogens (tertiary/aromatic N) is 1. The third-order valence-electron chi connectivity index (χ3n) is 3.05. The summed E-state index contributed by atoms with van der Waals surface area (Å²) in [5.41, 5.74) is 3.68. The van der Waals surface area contributed by atoms with E-state index in [9.17, 15) is 4.79 Å². The standard InChI is InChI=1S/C14H17NO2/c1-11(8-14(16)17)9-15-7-6-12-4-2-3-5-13(12)10-15/h2-5,8H,6-7,9-10H2,1H3,(H,16,17). The number of carboxylic acids is 1. The van der Waals surface area contributed by atoms with E-state index in [0.717, 1.165) is 31.6 Å². The van der Waals surface area contributed by atoms with Crippen molar-refractivity contribution in [3.8, 4) is 0 Å². The molecular weight excluding hydrogens is 214 g/mol. The molecule has 0 aliphatic carbocycles. The lowest BCUT2D eigenvalue weighted by Gasteiger charge is -2.28. The summed E-state index contributed by atoms with van der Waals surface area (Å²) in [4.78, 5) is 12.8. The van der Waals surface area contributed by atoms with E-state index < -0.39 is 5.97 Å². The molecule has 1 N–H and O–H groups in total. The van der Waals surface area contributed by atoms with Gasteiger partial charge in [-0.3, -0.25) is 4.90 Å². The van der Waals surface area contributed by atoms with Gasteiger partial charge in [0.25, 0.3) is 0 Å². The predicted octanol–water partition coefficient (Wildman–Crippen LogP) is 2.08. The third-order valence-corrected chi connectivity index (χ3v) is 3.05. The number of benzene rings is 1. The molecule has 3 heteroatoms. The molecule has 1 heterocycles. The molecule has 0 aromatic heterocycles. The van der Waals surface area contributed by atoms with E-state index >= 15 is 0 Å². The summed E-state index contributed by atoms with van der Waals surface area (Å²) in [5.74, 6) is -0.861. The summed E-state index contributed by atoms with van der Waals surface area (Å²) in [7, 11) is 0. The van der Waals surface area contributed by atoms with E-state index in [1.807, 2.05) is 6.92 Å². The van der Waals surface area contributed by atoms with Crippen LogP contribution in [-0.2, 0) is 17.8 Å². The molecule has 0 bridgehead atoms. The lowest BCUT2D eigenvalue weighted by molar-refractivity contribution is -0.131. The number of aliphatic carboxylic acids is 1. The fourth-order valence-corrected chi connectivity index (χ4v) is 2.30. The van der Waals surface area contributed by atoms with Crippen molar-refractivity contribution in [3.63, 3.8) is 0 Å². The highest BCUT2D eigenvalue weighted by Crippen LogP contribution is 2.18. The Bertz CT molecular complexity index is 451. The largest absolute Gasteiger partial charge is 0.478 e. The summed E-state index contributed by atoms with van der Waals surface area (Å²) in [6.07, 6.45) is 2.34. The molecule has 17 heavy (non-hydrogen) atoms. The molecule has 2 rings (SSSR count). The maximum atomic E-state index is 10.6. The van der Waals surface area contributed by atoms with Crippen molar-refractivity contribution >= 4 is 5.97 Å². The molecule has 0 unspecified atom stereocenters. The van der Waals surface area contributed by atoms with Gasteiger partial charge < -0.3 is 5.11 Å². The number of rotatable bonds is 3. The number of carboxylic acid groups (broad SMARTS) is 1. The molecule has 0 atom stereocenters. The topological polar surface area (TPSA) is 40.5 Å². The molecule has 0 saturated carbocycles. The van der Waals surface area contributed by atoms with Crippen molar-refractivity contribution < 1.29 is 9.90 Å². The molecule has 1 aliphatic rings. The number of hydrogen-bond acceptors (Lipinski definition) is 2. The van der Waals surface area contributed by atoms with Crippen LogP contribution in [0.5, 0.6) is 0 Å². The predicted molar refractivity (Wildman–Crippen MR) is 66.8 cm³/mol. The second kappa shape index (κ2) is 5.15. The van der Waals surface area contributed by atoms with Crippen LogP contribution in [0.2, 0.25) is 0 Å². The Hall–Kier alpha value is -1.61. The van der Waals surface area contributed by atoms with Gasteiger partial charge in [0.15, 0.2) is 0 Å². The highest BCUT2D eigenvalue weighted by atomic mass is 16.4. The smallest absolute Gasteiger partial charge is 0.328 e. The summed E-state index contributed by atoms with van der Waals surface area (Å²) >= 11 is 0. The zero-order valence-electron chi connectivity index (χ0n) is 10.0. The van der Waals surface area contributed by atoms with Crippen molar-refractivity contribution in [2.75, 3.05) is 13.1 Å². The van der Waals surface area contributed by atoms with Gasteiger partial charge in [0.2, 0.25) is 0 Å². The first-order chi connectivity index (χ1) is 8.15. The molecule has 0 radical (unpaired) electrons. The third kappa shape index (κ3) is 3.17. The minimum Gasteiger partial charge on any atom is -0.478 e. The van der Waals surface area contributed by atoms with Crippen LogP contribution in [0, 0.1) is 0 Å². The highest BCUT2D eigenvalue weighted by molar-refractivity contribution is 5.80. The van der Waals surface area contributed by atoms with E-state index in [0.29, 0.717) is 0 Å². The van der Waals surface area contributed by atoms with E-state index in [4.69, 9.17) is 5.11 Å². The fourth-order valence-electron chi connectivity index (χ4n) is 2.30. The van der Waals surface area contributed by atoms with Gasteiger partial charge in [-0.05, 0) is 24.5 Å². The van der Waals surface area contributed by atoms with Crippen molar-refractivity contribution in [3.05, 3.63) is 47.0 Å². The van der Waals surface area contributed by atoms with Gasteiger partial charge >= 0.3 is 5.97 Å². The van der Waals surface area contributed by atoms with E-state index in [-0.39, 0.29) is 0 Å². The van der Waals surface area contributed by atoms with Crippen LogP contribution < -0.4 is 0 Å². The molecule has 90 valence electrons. The van der Waals surface area contributed by atoms with Gasteiger partial charge in [0, 0.05) is 25.7 Å². The molecule has 3 nitrogen and oxygen atoms in total. The van der Waals surface area contributed by atoms with Crippen molar-refractivity contribution in [1.82, 2.24) is 4.90 Å². The number of fused-ring (bicyclic) bond motifs is 1. The lowest BCUT2D eigenvalue weighted by Crippen LogP contribution is -2.31. The zero-order valence-corrected chi connectivity index (χ0v) is 10.0. The van der Waals surface area contributed by atoms with Crippen LogP contribution in [0.25, 0.3) is 0 Å². The molecule has 0 saturated heterocycles. The number of hydrogen-bond donors (Lipinski definition) is 1. The first kappa shape index (κ1) is 11.9. The minimum absolute atomic E-state index is 0.737. The molecule has 1 aromatic rings.